The smallest absolute Gasteiger partial charge is 0.176 e. The average Bonchev–Trinajstić information content (AvgIpc) is 2.84. The van der Waals surface area contributed by atoms with Gasteiger partial charge < -0.3 is 5.32 Å². The minimum absolute atomic E-state index is 0.00613. The van der Waals surface area contributed by atoms with Crippen molar-refractivity contribution in [2.24, 2.45) is 0 Å². The molecule has 0 aliphatic carbocycles. The Bertz CT molecular complexity index is 1410. The maximum Gasteiger partial charge on any atom is 0.176 e. The molecule has 0 saturated carbocycles. The maximum absolute atomic E-state index is 13.9. The van der Waals surface area contributed by atoms with E-state index in [0.29, 0.717) is 23.7 Å². The zero-order chi connectivity index (χ0) is 26.9. The highest BCUT2D eigenvalue weighted by atomic mass is 35.5. The maximum atomic E-state index is 13.9. The van der Waals surface area contributed by atoms with E-state index < -0.39 is 21.5 Å². The molecular formula is C29H30ClF2N3O2S. The largest absolute Gasteiger partial charge is 0.314 e. The predicted molar refractivity (Wildman–Crippen MR) is 148 cm³/mol. The third-order valence-corrected chi connectivity index (χ3v) is 8.58. The molecule has 9 heteroatoms. The van der Waals surface area contributed by atoms with E-state index in [-0.39, 0.29) is 16.5 Å². The molecule has 0 radical (unpaired) electrons. The van der Waals surface area contributed by atoms with Crippen molar-refractivity contribution in [3.05, 3.63) is 111 Å². The van der Waals surface area contributed by atoms with Crippen LogP contribution >= 0.6 is 11.6 Å². The van der Waals surface area contributed by atoms with Crippen LogP contribution in [0.1, 0.15) is 28.3 Å². The fourth-order valence-corrected chi connectivity index (χ4v) is 6.65. The Morgan fingerprint density at radius 2 is 1.47 bits per heavy atom. The molecule has 2 fully saturated rings. The van der Waals surface area contributed by atoms with E-state index >= 15 is 0 Å². The van der Waals surface area contributed by atoms with Gasteiger partial charge in [0.15, 0.2) is 9.84 Å². The molecule has 2 heterocycles. The molecule has 0 bridgehead atoms. The molecule has 0 amide bonds. The van der Waals surface area contributed by atoms with Crippen LogP contribution in [-0.4, -0.2) is 63.7 Å². The standard InChI is InChI=1S/C29H30ClF2N3O2S/c1-38(36,37)29(23-14-26(31)16-27(32)15-23)24-18-35(19-24)28(22-6-8-25(30)9-7-22)21-4-2-20(3-5-21)17-34-12-10-33-11-13-34/h2-9,14-16,28,33H,10-13,17-19H2,1H3/t28-/m1/s1. The molecule has 38 heavy (non-hydrogen) atoms. The van der Waals surface area contributed by atoms with Gasteiger partial charge in [-0.1, -0.05) is 48.0 Å². The third kappa shape index (κ3) is 6.16. The normalized spacial score (nSPS) is 17.7. The molecule has 200 valence electrons. The highest BCUT2D eigenvalue weighted by Gasteiger charge is 2.35. The number of hydrogen-bond donors (Lipinski definition) is 1. The van der Waals surface area contributed by atoms with Crippen molar-refractivity contribution in [2.75, 3.05) is 45.5 Å². The Labute approximate surface area is 227 Å². The van der Waals surface area contributed by atoms with Crippen molar-refractivity contribution in [1.29, 1.82) is 0 Å². The topological polar surface area (TPSA) is 52.7 Å². The molecule has 2 saturated heterocycles. The highest BCUT2D eigenvalue weighted by molar-refractivity contribution is 8.00. The van der Waals surface area contributed by atoms with Crippen LogP contribution in [0.4, 0.5) is 8.78 Å². The van der Waals surface area contributed by atoms with Crippen molar-refractivity contribution in [2.45, 2.75) is 12.6 Å². The molecular weight excluding hydrogens is 528 g/mol. The van der Waals surface area contributed by atoms with E-state index in [0.717, 1.165) is 68.3 Å². The summed E-state index contributed by atoms with van der Waals surface area (Å²) in [7, 11) is -3.72. The van der Waals surface area contributed by atoms with Gasteiger partial charge in [-0.25, -0.2) is 17.2 Å². The Morgan fingerprint density at radius 3 is 2.03 bits per heavy atom. The lowest BCUT2D eigenvalue weighted by Gasteiger charge is -2.42. The number of rotatable bonds is 7. The van der Waals surface area contributed by atoms with Crippen LogP contribution in [0.3, 0.4) is 0 Å². The number of benzene rings is 3. The molecule has 0 unspecified atom stereocenters. The van der Waals surface area contributed by atoms with Gasteiger partial charge in [-0.05, 0) is 52.1 Å². The molecule has 1 atom stereocenters. The van der Waals surface area contributed by atoms with Gasteiger partial charge in [0.1, 0.15) is 11.6 Å². The first-order chi connectivity index (χ1) is 18.2. The Balaban J connectivity index is 1.44. The quantitative estimate of drug-likeness (QED) is 0.448. The van der Waals surface area contributed by atoms with Crippen LogP contribution in [0.5, 0.6) is 0 Å². The van der Waals surface area contributed by atoms with E-state index in [9.17, 15) is 17.2 Å². The minimum atomic E-state index is -3.72. The first kappa shape index (κ1) is 27.0. The van der Waals surface area contributed by atoms with E-state index in [1.807, 2.05) is 24.3 Å². The van der Waals surface area contributed by atoms with Gasteiger partial charge in [-0.3, -0.25) is 9.80 Å². The van der Waals surface area contributed by atoms with Crippen molar-refractivity contribution >= 4 is 26.3 Å². The summed E-state index contributed by atoms with van der Waals surface area (Å²) in [6.45, 7) is 5.66. The number of nitrogens with zero attached hydrogens (tertiary/aromatic N) is 2. The van der Waals surface area contributed by atoms with Crippen molar-refractivity contribution < 1.29 is 17.2 Å². The molecule has 0 spiro atoms. The third-order valence-electron chi connectivity index (χ3n) is 7.07. The summed E-state index contributed by atoms with van der Waals surface area (Å²) in [6.07, 6.45) is 1.08. The molecule has 1 N–H and O–H groups in total. The lowest BCUT2D eigenvalue weighted by molar-refractivity contribution is 0.203. The summed E-state index contributed by atoms with van der Waals surface area (Å²) in [4.78, 5) is 4.58. The number of piperazine rings is 1. The van der Waals surface area contributed by atoms with Crippen LogP contribution in [0.2, 0.25) is 5.02 Å². The number of nitrogens with one attached hydrogen (secondary N) is 1. The number of hydrogen-bond acceptors (Lipinski definition) is 5. The molecule has 5 rings (SSSR count). The zero-order valence-corrected chi connectivity index (χ0v) is 22.7. The van der Waals surface area contributed by atoms with Gasteiger partial charge in [0.25, 0.3) is 0 Å². The second-order valence-corrected chi connectivity index (χ2v) is 12.4. The van der Waals surface area contributed by atoms with Gasteiger partial charge >= 0.3 is 0 Å². The average molecular weight is 558 g/mol. The van der Waals surface area contributed by atoms with E-state index in [4.69, 9.17) is 11.6 Å². The summed E-state index contributed by atoms with van der Waals surface area (Å²) < 4.78 is 53.3. The molecule has 0 aromatic heterocycles. The predicted octanol–water partition coefficient (Wildman–Crippen LogP) is 4.88. The fraction of sp³-hybridized carbons (Fsp3) is 0.310. The molecule has 2 aliphatic heterocycles. The minimum Gasteiger partial charge on any atom is -0.314 e. The van der Waals surface area contributed by atoms with Gasteiger partial charge in [-0.2, -0.15) is 0 Å². The second kappa shape index (κ2) is 11.2. The Kier molecular flexibility index (Phi) is 7.98. The highest BCUT2D eigenvalue weighted by Crippen LogP contribution is 2.38. The van der Waals surface area contributed by atoms with Crippen LogP contribution < -0.4 is 5.32 Å². The zero-order valence-electron chi connectivity index (χ0n) is 21.1. The van der Waals surface area contributed by atoms with Crippen molar-refractivity contribution in [3.8, 4) is 0 Å². The first-order valence-corrected chi connectivity index (χ1v) is 14.8. The fourth-order valence-electron chi connectivity index (χ4n) is 5.33. The van der Waals surface area contributed by atoms with Gasteiger partial charge in [0, 0.05) is 63.2 Å². The monoisotopic (exact) mass is 557 g/mol. The molecule has 5 nitrogen and oxygen atoms in total. The second-order valence-electron chi connectivity index (χ2n) is 9.99. The summed E-state index contributed by atoms with van der Waals surface area (Å²) in [6, 6.07) is 18.9. The summed E-state index contributed by atoms with van der Waals surface area (Å²) in [5.74, 6) is -1.62. The SMILES string of the molecule is CS(=O)(=O)C(=C1CN([C@@H](c2ccc(Cl)cc2)c2ccc(CN3CCNCC3)cc2)C1)c1cc(F)cc(F)c1. The van der Waals surface area contributed by atoms with Crippen LogP contribution in [0, 0.1) is 11.6 Å². The van der Waals surface area contributed by atoms with Crippen LogP contribution in [0.15, 0.2) is 72.3 Å². The van der Waals surface area contributed by atoms with Gasteiger partial charge in [0.05, 0.1) is 10.9 Å². The lowest BCUT2D eigenvalue weighted by Crippen LogP contribution is -2.44. The van der Waals surface area contributed by atoms with Gasteiger partial charge in [-0.15, -0.1) is 0 Å². The Hall–Kier alpha value is -2.62. The number of sulfone groups is 1. The van der Waals surface area contributed by atoms with Crippen LogP contribution in [-0.2, 0) is 16.4 Å². The summed E-state index contributed by atoms with van der Waals surface area (Å²) in [5, 5.41) is 4.01. The summed E-state index contributed by atoms with van der Waals surface area (Å²) >= 11 is 6.15. The number of halogens is 3. The summed E-state index contributed by atoms with van der Waals surface area (Å²) in [5.41, 5.74) is 4.02. The van der Waals surface area contributed by atoms with E-state index in [1.165, 1.54) is 5.56 Å². The molecule has 2 aliphatic rings. The lowest BCUT2D eigenvalue weighted by atomic mass is 9.91. The van der Waals surface area contributed by atoms with Gasteiger partial charge in [0.2, 0.25) is 0 Å². The van der Waals surface area contributed by atoms with E-state index in [2.05, 4.69) is 39.4 Å². The van der Waals surface area contributed by atoms with Crippen LogP contribution in [0.25, 0.3) is 4.91 Å². The Morgan fingerprint density at radius 1 is 0.921 bits per heavy atom. The first-order valence-electron chi connectivity index (χ1n) is 12.6. The van der Waals surface area contributed by atoms with E-state index in [1.54, 1.807) is 0 Å². The van der Waals surface area contributed by atoms with Crippen molar-refractivity contribution in [3.63, 3.8) is 0 Å². The van der Waals surface area contributed by atoms with Crippen molar-refractivity contribution in [1.82, 2.24) is 15.1 Å². The number of likely N-dealkylation sites (tertiary alicyclic amines) is 1. The molecule has 3 aromatic rings. The molecule has 3 aromatic carbocycles.